The Morgan fingerprint density at radius 3 is 2.17 bits per heavy atom. The largest absolute Gasteiger partial charge is 0.385 e. The summed E-state index contributed by atoms with van der Waals surface area (Å²) in [6.07, 6.45) is 15.6. The first-order valence-electron chi connectivity index (χ1n) is 12.3. The molecule has 1 aliphatic rings. The van der Waals surface area contributed by atoms with Crippen LogP contribution in [0.5, 0.6) is 0 Å². The fraction of sp³-hybridized carbons (Fsp3) is 0.778. The number of hydrogen-bond donors (Lipinski definition) is 0. The standard InChI is InChI=1S/C27H46O2/c1-5-7-8-9-25-14-15-27(21-24(25)6-2)26-12-10-22(11-13-26)20-23(16-18-28-3)17-19-29-4/h14-15,21-23,26H,5-13,16-20H2,1-4H3. The minimum absolute atomic E-state index is 0.755. The van der Waals surface area contributed by atoms with Gasteiger partial charge in [0, 0.05) is 27.4 Å². The van der Waals surface area contributed by atoms with Crippen LogP contribution in [0.25, 0.3) is 0 Å². The van der Waals surface area contributed by atoms with Crippen molar-refractivity contribution in [3.63, 3.8) is 0 Å². The number of methoxy groups -OCH3 is 2. The van der Waals surface area contributed by atoms with Crippen LogP contribution in [-0.2, 0) is 22.3 Å². The molecule has 1 aromatic rings. The van der Waals surface area contributed by atoms with E-state index in [4.69, 9.17) is 9.47 Å². The van der Waals surface area contributed by atoms with E-state index in [1.807, 2.05) is 14.2 Å². The molecule has 2 rings (SSSR count). The van der Waals surface area contributed by atoms with Crippen LogP contribution >= 0.6 is 0 Å². The highest BCUT2D eigenvalue weighted by atomic mass is 16.5. The lowest BCUT2D eigenvalue weighted by Gasteiger charge is -2.31. The molecule has 0 radical (unpaired) electrons. The Labute approximate surface area is 180 Å². The minimum atomic E-state index is 0.755. The van der Waals surface area contributed by atoms with Crippen LogP contribution in [0.1, 0.15) is 101 Å². The smallest absolute Gasteiger partial charge is 0.0464 e. The van der Waals surface area contributed by atoms with Gasteiger partial charge in [0.1, 0.15) is 0 Å². The monoisotopic (exact) mass is 402 g/mol. The van der Waals surface area contributed by atoms with Crippen molar-refractivity contribution in [2.24, 2.45) is 11.8 Å². The third-order valence-corrected chi connectivity index (χ3v) is 7.11. The van der Waals surface area contributed by atoms with E-state index in [9.17, 15) is 0 Å². The number of aryl methyl sites for hydroxylation is 2. The van der Waals surface area contributed by atoms with Crippen LogP contribution in [0.2, 0.25) is 0 Å². The Bertz CT molecular complexity index is 537. The molecule has 1 saturated carbocycles. The van der Waals surface area contributed by atoms with Gasteiger partial charge in [-0.15, -0.1) is 0 Å². The fourth-order valence-electron chi connectivity index (χ4n) is 5.19. The highest BCUT2D eigenvalue weighted by molar-refractivity contribution is 5.34. The molecule has 0 bridgehead atoms. The van der Waals surface area contributed by atoms with Gasteiger partial charge in [0.2, 0.25) is 0 Å². The number of unbranched alkanes of at least 4 members (excludes halogenated alkanes) is 2. The molecule has 0 amide bonds. The molecule has 0 aromatic heterocycles. The van der Waals surface area contributed by atoms with Gasteiger partial charge in [-0.1, -0.05) is 44.9 Å². The molecule has 1 fully saturated rings. The molecule has 2 nitrogen and oxygen atoms in total. The maximum atomic E-state index is 5.34. The van der Waals surface area contributed by atoms with Gasteiger partial charge in [-0.25, -0.2) is 0 Å². The zero-order valence-corrected chi connectivity index (χ0v) is 19.7. The van der Waals surface area contributed by atoms with Crippen molar-refractivity contribution in [3.05, 3.63) is 34.9 Å². The van der Waals surface area contributed by atoms with Crippen LogP contribution in [0.15, 0.2) is 18.2 Å². The maximum Gasteiger partial charge on any atom is 0.0464 e. The predicted octanol–water partition coefficient (Wildman–Crippen LogP) is 7.33. The Hall–Kier alpha value is -0.860. The first-order chi connectivity index (χ1) is 14.2. The van der Waals surface area contributed by atoms with Gasteiger partial charge in [0.15, 0.2) is 0 Å². The quantitative estimate of drug-likeness (QED) is 0.303. The maximum absolute atomic E-state index is 5.34. The first-order valence-corrected chi connectivity index (χ1v) is 12.3. The summed E-state index contributed by atoms with van der Waals surface area (Å²) >= 11 is 0. The van der Waals surface area contributed by atoms with Gasteiger partial charge < -0.3 is 9.47 Å². The molecule has 0 saturated heterocycles. The second-order valence-electron chi connectivity index (χ2n) is 9.22. The molecule has 29 heavy (non-hydrogen) atoms. The lowest BCUT2D eigenvalue weighted by atomic mass is 9.74. The average Bonchev–Trinajstić information content (AvgIpc) is 2.76. The first kappa shape index (κ1) is 24.4. The van der Waals surface area contributed by atoms with Crippen molar-refractivity contribution in [1.29, 1.82) is 0 Å². The molecule has 0 unspecified atom stereocenters. The van der Waals surface area contributed by atoms with Crippen LogP contribution in [0.3, 0.4) is 0 Å². The highest BCUT2D eigenvalue weighted by Gasteiger charge is 2.25. The van der Waals surface area contributed by atoms with Crippen LogP contribution in [-0.4, -0.2) is 27.4 Å². The second-order valence-corrected chi connectivity index (χ2v) is 9.22. The Kier molecular flexibility index (Phi) is 12.0. The zero-order valence-electron chi connectivity index (χ0n) is 19.7. The highest BCUT2D eigenvalue weighted by Crippen LogP contribution is 2.39. The van der Waals surface area contributed by atoms with Gasteiger partial charge in [0.25, 0.3) is 0 Å². The van der Waals surface area contributed by atoms with Crippen molar-refractivity contribution < 1.29 is 9.47 Å². The average molecular weight is 403 g/mol. The summed E-state index contributed by atoms with van der Waals surface area (Å²) in [5.41, 5.74) is 4.80. The molecule has 2 heteroatoms. The van der Waals surface area contributed by atoms with Crippen LogP contribution in [0, 0.1) is 11.8 Å². The van der Waals surface area contributed by atoms with E-state index in [-0.39, 0.29) is 0 Å². The van der Waals surface area contributed by atoms with Gasteiger partial charge in [-0.3, -0.25) is 0 Å². The van der Waals surface area contributed by atoms with Gasteiger partial charge >= 0.3 is 0 Å². The summed E-state index contributed by atoms with van der Waals surface area (Å²) in [7, 11) is 3.64. The SMILES string of the molecule is CCCCCc1ccc(C2CCC(CC(CCOC)CCOC)CC2)cc1CC. The van der Waals surface area contributed by atoms with E-state index >= 15 is 0 Å². The van der Waals surface area contributed by atoms with E-state index in [0.29, 0.717) is 0 Å². The molecule has 166 valence electrons. The summed E-state index contributed by atoms with van der Waals surface area (Å²) < 4.78 is 10.7. The molecule has 0 N–H and O–H groups in total. The predicted molar refractivity (Wildman–Crippen MR) is 125 cm³/mol. The molecule has 0 spiro atoms. The van der Waals surface area contributed by atoms with E-state index in [1.54, 1.807) is 16.7 Å². The number of rotatable bonds is 14. The van der Waals surface area contributed by atoms with Crippen molar-refractivity contribution in [2.45, 2.75) is 96.8 Å². The summed E-state index contributed by atoms with van der Waals surface area (Å²) in [6.45, 7) is 6.37. The number of benzene rings is 1. The molecule has 0 aliphatic heterocycles. The Morgan fingerprint density at radius 1 is 0.897 bits per heavy atom. The van der Waals surface area contributed by atoms with Crippen molar-refractivity contribution in [2.75, 3.05) is 27.4 Å². The topological polar surface area (TPSA) is 18.5 Å². The van der Waals surface area contributed by atoms with Crippen molar-refractivity contribution in [3.8, 4) is 0 Å². The second kappa shape index (κ2) is 14.2. The summed E-state index contributed by atoms with van der Waals surface area (Å²) in [6, 6.07) is 7.44. The third-order valence-electron chi connectivity index (χ3n) is 7.11. The van der Waals surface area contributed by atoms with Crippen LogP contribution in [0.4, 0.5) is 0 Å². The minimum Gasteiger partial charge on any atom is -0.385 e. The van der Waals surface area contributed by atoms with E-state index in [2.05, 4.69) is 32.0 Å². The van der Waals surface area contributed by atoms with Gasteiger partial charge in [0.05, 0.1) is 0 Å². The van der Waals surface area contributed by atoms with Crippen molar-refractivity contribution >= 4 is 0 Å². The molecule has 0 heterocycles. The molecular formula is C27H46O2. The van der Waals surface area contributed by atoms with Gasteiger partial charge in [-0.05, 0) is 98.7 Å². The summed E-state index contributed by atoms with van der Waals surface area (Å²) in [5.74, 6) is 2.42. The molecule has 0 atom stereocenters. The lowest BCUT2D eigenvalue weighted by molar-refractivity contribution is 0.131. The number of hydrogen-bond acceptors (Lipinski definition) is 2. The van der Waals surface area contributed by atoms with Gasteiger partial charge in [-0.2, -0.15) is 0 Å². The third kappa shape index (κ3) is 8.42. The van der Waals surface area contributed by atoms with Crippen molar-refractivity contribution in [1.82, 2.24) is 0 Å². The summed E-state index contributed by atoms with van der Waals surface area (Å²) in [5, 5.41) is 0. The van der Waals surface area contributed by atoms with E-state index < -0.39 is 0 Å². The fourth-order valence-corrected chi connectivity index (χ4v) is 5.19. The van der Waals surface area contributed by atoms with E-state index in [0.717, 1.165) is 31.0 Å². The Morgan fingerprint density at radius 2 is 1.59 bits per heavy atom. The van der Waals surface area contributed by atoms with Crippen LogP contribution < -0.4 is 0 Å². The molecule has 1 aliphatic carbocycles. The van der Waals surface area contributed by atoms with E-state index in [1.165, 1.54) is 77.0 Å². The normalized spacial score (nSPS) is 19.8. The number of ether oxygens (including phenoxy) is 2. The molecule has 1 aromatic carbocycles. The molecular weight excluding hydrogens is 356 g/mol. The Balaban J connectivity index is 1.87. The lowest BCUT2D eigenvalue weighted by Crippen LogP contribution is -2.18. The zero-order chi connectivity index (χ0) is 20.9. The summed E-state index contributed by atoms with van der Waals surface area (Å²) in [4.78, 5) is 0.